The van der Waals surface area contributed by atoms with Crippen molar-refractivity contribution >= 4 is 28.3 Å². The van der Waals surface area contributed by atoms with Crippen LogP contribution >= 0.6 is 11.6 Å². The summed E-state index contributed by atoms with van der Waals surface area (Å²) < 4.78 is 56.4. The van der Waals surface area contributed by atoms with Crippen molar-refractivity contribution in [2.24, 2.45) is 0 Å². The molecule has 0 spiro atoms. The average molecular weight is 446 g/mol. The maximum Gasteiger partial charge on any atom is 0.408 e. The Morgan fingerprint density at radius 2 is 1.90 bits per heavy atom. The Bertz CT molecular complexity index is 1120. The Morgan fingerprint density at radius 3 is 2.60 bits per heavy atom. The zero-order valence-electron chi connectivity index (χ0n) is 15.5. The lowest BCUT2D eigenvalue weighted by atomic mass is 10.2. The highest BCUT2D eigenvalue weighted by Crippen LogP contribution is 2.25. The Morgan fingerprint density at radius 1 is 1.17 bits per heavy atom. The van der Waals surface area contributed by atoms with Gasteiger partial charge in [0.05, 0.1) is 11.9 Å². The molecule has 1 saturated heterocycles. The molecule has 1 aromatic carbocycles. The summed E-state index contributed by atoms with van der Waals surface area (Å²) in [6.45, 7) is 1.18. The van der Waals surface area contributed by atoms with E-state index in [4.69, 9.17) is 16.1 Å². The lowest BCUT2D eigenvalue weighted by molar-refractivity contribution is -0.143. The van der Waals surface area contributed by atoms with Crippen LogP contribution in [0.2, 0.25) is 5.02 Å². The second-order valence-electron chi connectivity index (χ2n) is 6.95. The molecule has 0 N–H and O–H groups in total. The van der Waals surface area contributed by atoms with E-state index in [0.717, 1.165) is 5.39 Å². The summed E-state index contributed by atoms with van der Waals surface area (Å²) in [5, 5.41) is 8.07. The smallest absolute Gasteiger partial charge is 0.366 e. The van der Waals surface area contributed by atoms with Crippen LogP contribution in [0.5, 0.6) is 0 Å². The van der Waals surface area contributed by atoms with Gasteiger partial charge in [-0.1, -0.05) is 16.8 Å². The van der Waals surface area contributed by atoms with E-state index in [9.17, 15) is 22.4 Å². The van der Waals surface area contributed by atoms with Gasteiger partial charge in [0.15, 0.2) is 5.58 Å². The summed E-state index contributed by atoms with van der Waals surface area (Å²) in [5.41, 5.74) is 0.395. The molecule has 0 saturated carbocycles. The number of fused-ring (bicyclic) bond motifs is 1. The number of rotatable bonds is 4. The van der Waals surface area contributed by atoms with Crippen molar-refractivity contribution in [2.45, 2.75) is 19.3 Å². The monoisotopic (exact) mass is 445 g/mol. The van der Waals surface area contributed by atoms with Gasteiger partial charge in [0.2, 0.25) is 0 Å². The largest absolute Gasteiger partial charge is 0.408 e. The van der Waals surface area contributed by atoms with E-state index in [0.29, 0.717) is 54.4 Å². The molecule has 0 atom stereocenters. The first-order valence-electron chi connectivity index (χ1n) is 9.05. The number of piperazine rings is 1. The predicted molar refractivity (Wildman–Crippen MR) is 101 cm³/mol. The van der Waals surface area contributed by atoms with Gasteiger partial charge in [0, 0.05) is 44.2 Å². The number of nitrogens with zero attached hydrogens (tertiary/aromatic N) is 5. The predicted octanol–water partition coefficient (Wildman–Crippen LogP) is 3.06. The van der Waals surface area contributed by atoms with E-state index in [1.165, 1.54) is 18.3 Å². The molecule has 160 valence electrons. The van der Waals surface area contributed by atoms with E-state index in [-0.39, 0.29) is 5.02 Å². The van der Waals surface area contributed by atoms with Crippen LogP contribution < -0.4 is 10.5 Å². The van der Waals surface area contributed by atoms with Gasteiger partial charge in [0.1, 0.15) is 23.1 Å². The molecule has 4 rings (SSSR count). The van der Waals surface area contributed by atoms with E-state index in [2.05, 4.69) is 15.2 Å². The molecule has 2 aromatic heterocycles. The van der Waals surface area contributed by atoms with E-state index >= 15 is 0 Å². The van der Waals surface area contributed by atoms with Crippen LogP contribution in [0.15, 0.2) is 33.7 Å². The SMILES string of the molecule is O=c1c(Cl)c(N2CCN(Cc3noc4cc(F)ccc34)CC2)cnn1CC(F)(F)F. The fourth-order valence-corrected chi connectivity index (χ4v) is 3.66. The molecule has 0 bridgehead atoms. The van der Waals surface area contributed by atoms with Crippen LogP contribution in [0.4, 0.5) is 23.2 Å². The Balaban J connectivity index is 1.43. The van der Waals surface area contributed by atoms with Crippen molar-refractivity contribution < 1.29 is 22.1 Å². The van der Waals surface area contributed by atoms with Gasteiger partial charge >= 0.3 is 6.18 Å². The van der Waals surface area contributed by atoms with Crippen molar-refractivity contribution in [1.29, 1.82) is 0 Å². The van der Waals surface area contributed by atoms with Gasteiger partial charge in [-0.25, -0.2) is 9.07 Å². The zero-order valence-corrected chi connectivity index (χ0v) is 16.3. The summed E-state index contributed by atoms with van der Waals surface area (Å²) in [4.78, 5) is 16.0. The molecule has 0 aliphatic carbocycles. The second-order valence-corrected chi connectivity index (χ2v) is 7.33. The minimum absolute atomic E-state index is 0.285. The third-order valence-corrected chi connectivity index (χ3v) is 5.25. The van der Waals surface area contributed by atoms with Gasteiger partial charge in [0.25, 0.3) is 5.56 Å². The third-order valence-electron chi connectivity index (χ3n) is 4.89. The normalized spacial score (nSPS) is 15.8. The van der Waals surface area contributed by atoms with E-state index in [1.807, 2.05) is 0 Å². The number of alkyl halides is 3. The number of hydrogen-bond donors (Lipinski definition) is 0. The number of aromatic nitrogens is 3. The van der Waals surface area contributed by atoms with Gasteiger partial charge in [-0.2, -0.15) is 18.3 Å². The average Bonchev–Trinajstić information content (AvgIpc) is 3.07. The topological polar surface area (TPSA) is 67.4 Å². The van der Waals surface area contributed by atoms with Crippen LogP contribution in [0.1, 0.15) is 5.69 Å². The Kier molecular flexibility index (Phi) is 5.41. The van der Waals surface area contributed by atoms with Crippen LogP contribution in [0.25, 0.3) is 11.0 Å². The second kappa shape index (κ2) is 7.88. The molecule has 1 fully saturated rings. The fraction of sp³-hybridized carbons (Fsp3) is 0.389. The lowest BCUT2D eigenvalue weighted by Gasteiger charge is -2.35. The summed E-state index contributed by atoms with van der Waals surface area (Å²) in [6, 6.07) is 4.24. The van der Waals surface area contributed by atoms with E-state index < -0.39 is 24.1 Å². The fourth-order valence-electron chi connectivity index (χ4n) is 3.40. The quantitative estimate of drug-likeness (QED) is 0.575. The third kappa shape index (κ3) is 4.26. The van der Waals surface area contributed by atoms with Crippen molar-refractivity contribution in [2.75, 3.05) is 31.1 Å². The molecule has 0 radical (unpaired) electrons. The van der Waals surface area contributed by atoms with Crippen LogP contribution in [-0.2, 0) is 13.1 Å². The summed E-state index contributed by atoms with van der Waals surface area (Å²) in [5.74, 6) is -0.401. The lowest BCUT2D eigenvalue weighted by Crippen LogP contribution is -2.46. The van der Waals surface area contributed by atoms with Crippen molar-refractivity contribution in [1.82, 2.24) is 19.8 Å². The summed E-state index contributed by atoms with van der Waals surface area (Å²) in [7, 11) is 0. The molecule has 7 nitrogen and oxygen atoms in total. The van der Waals surface area contributed by atoms with Crippen molar-refractivity contribution in [3.8, 4) is 0 Å². The highest BCUT2D eigenvalue weighted by Gasteiger charge is 2.30. The first-order chi connectivity index (χ1) is 14.2. The zero-order chi connectivity index (χ0) is 21.5. The highest BCUT2D eigenvalue weighted by atomic mass is 35.5. The number of benzene rings is 1. The maximum atomic E-state index is 13.3. The summed E-state index contributed by atoms with van der Waals surface area (Å²) >= 11 is 6.04. The van der Waals surface area contributed by atoms with Gasteiger partial charge in [-0.3, -0.25) is 9.69 Å². The standard InChI is InChI=1S/C18H16ClF4N5O2/c19-16-14(8-24-28(17(16)29)10-18(21,22)23)27-5-3-26(4-6-27)9-13-12-2-1-11(20)7-15(12)30-25-13/h1-2,7-8H,3-6,9-10H2. The highest BCUT2D eigenvalue weighted by molar-refractivity contribution is 6.33. The van der Waals surface area contributed by atoms with Crippen molar-refractivity contribution in [3.05, 3.63) is 51.3 Å². The molecular weight excluding hydrogens is 430 g/mol. The van der Waals surface area contributed by atoms with Gasteiger partial charge < -0.3 is 9.42 Å². The first-order valence-corrected chi connectivity index (χ1v) is 9.42. The molecule has 0 amide bonds. The Labute approximate surface area is 172 Å². The van der Waals surface area contributed by atoms with Crippen LogP contribution in [-0.4, -0.2) is 52.2 Å². The van der Waals surface area contributed by atoms with Gasteiger partial charge in [-0.15, -0.1) is 0 Å². The minimum Gasteiger partial charge on any atom is -0.366 e. The van der Waals surface area contributed by atoms with Crippen LogP contribution in [0, 0.1) is 5.82 Å². The van der Waals surface area contributed by atoms with Crippen LogP contribution in [0.3, 0.4) is 0 Å². The van der Waals surface area contributed by atoms with E-state index in [1.54, 1.807) is 11.0 Å². The molecule has 1 aliphatic heterocycles. The number of anilines is 1. The summed E-state index contributed by atoms with van der Waals surface area (Å²) in [6.07, 6.45) is -3.38. The maximum absolute atomic E-state index is 13.3. The minimum atomic E-state index is -4.57. The molecule has 12 heteroatoms. The first kappa shape index (κ1) is 20.6. The van der Waals surface area contributed by atoms with Gasteiger partial charge in [-0.05, 0) is 12.1 Å². The molecule has 30 heavy (non-hydrogen) atoms. The van der Waals surface area contributed by atoms with Crippen molar-refractivity contribution in [3.63, 3.8) is 0 Å². The molecular formula is C18H16ClF4N5O2. The molecule has 3 heterocycles. The molecule has 1 aliphatic rings. The molecule has 0 unspecified atom stereocenters. The molecule has 3 aromatic rings. The Hall–Kier alpha value is -2.66. The number of halogens is 5. The number of hydrogen-bond acceptors (Lipinski definition) is 6.